The van der Waals surface area contributed by atoms with Crippen molar-refractivity contribution >= 4 is 17.7 Å². The highest BCUT2D eigenvalue weighted by Crippen LogP contribution is 2.31. The summed E-state index contributed by atoms with van der Waals surface area (Å²) in [6.45, 7) is 3.97. The second-order valence-electron chi connectivity index (χ2n) is 5.40. The van der Waals surface area contributed by atoms with Crippen molar-refractivity contribution in [3.8, 4) is 0 Å². The lowest BCUT2D eigenvalue weighted by molar-refractivity contribution is 0.684. The molecule has 20 heavy (non-hydrogen) atoms. The van der Waals surface area contributed by atoms with E-state index in [1.807, 2.05) is 7.05 Å². The van der Waals surface area contributed by atoms with E-state index in [1.165, 1.54) is 35.3 Å². The molecule has 2 rings (SSSR count). The van der Waals surface area contributed by atoms with Crippen LogP contribution in [0.2, 0.25) is 0 Å². The van der Waals surface area contributed by atoms with E-state index in [0.717, 1.165) is 25.0 Å². The van der Waals surface area contributed by atoms with Crippen LogP contribution in [-0.4, -0.2) is 25.8 Å². The average molecular weight is 291 g/mol. The quantitative estimate of drug-likeness (QED) is 0.480. The molecule has 0 aromatic heterocycles. The van der Waals surface area contributed by atoms with E-state index in [4.69, 9.17) is 0 Å². The van der Waals surface area contributed by atoms with Gasteiger partial charge in [-0.15, -0.1) is 11.8 Å². The van der Waals surface area contributed by atoms with Crippen LogP contribution < -0.4 is 10.6 Å². The van der Waals surface area contributed by atoms with Gasteiger partial charge in [0.1, 0.15) is 0 Å². The highest BCUT2D eigenvalue weighted by molar-refractivity contribution is 7.98. The van der Waals surface area contributed by atoms with E-state index in [-0.39, 0.29) is 0 Å². The molecule has 0 radical (unpaired) electrons. The van der Waals surface area contributed by atoms with Crippen LogP contribution in [0.25, 0.3) is 0 Å². The fraction of sp³-hybridized carbons (Fsp3) is 0.562. The zero-order chi connectivity index (χ0) is 14.4. The van der Waals surface area contributed by atoms with E-state index in [9.17, 15) is 0 Å². The van der Waals surface area contributed by atoms with Crippen LogP contribution in [0.4, 0.5) is 0 Å². The van der Waals surface area contributed by atoms with Crippen LogP contribution >= 0.6 is 11.8 Å². The van der Waals surface area contributed by atoms with Crippen LogP contribution in [0.1, 0.15) is 30.4 Å². The number of nitrogens with zero attached hydrogens (tertiary/aromatic N) is 1. The van der Waals surface area contributed by atoms with Crippen molar-refractivity contribution in [1.29, 1.82) is 0 Å². The maximum absolute atomic E-state index is 4.28. The molecular weight excluding hydrogens is 266 g/mol. The van der Waals surface area contributed by atoms with Crippen molar-refractivity contribution in [2.24, 2.45) is 10.9 Å². The lowest BCUT2D eigenvalue weighted by Gasteiger charge is -2.14. The van der Waals surface area contributed by atoms with Crippen LogP contribution in [-0.2, 0) is 6.54 Å². The Morgan fingerprint density at radius 1 is 1.35 bits per heavy atom. The first-order valence-electron chi connectivity index (χ1n) is 7.31. The summed E-state index contributed by atoms with van der Waals surface area (Å²) in [5.74, 6) is 1.86. The molecule has 1 saturated carbocycles. The lowest BCUT2D eigenvalue weighted by Crippen LogP contribution is -2.37. The molecule has 0 spiro atoms. The molecule has 1 aliphatic carbocycles. The summed E-state index contributed by atoms with van der Waals surface area (Å²) in [6.07, 6.45) is 6.21. The van der Waals surface area contributed by atoms with Gasteiger partial charge in [0.15, 0.2) is 5.96 Å². The molecule has 1 aliphatic rings. The first-order valence-corrected chi connectivity index (χ1v) is 8.53. The summed E-state index contributed by atoms with van der Waals surface area (Å²) in [5.41, 5.74) is 2.64. The average Bonchev–Trinajstić information content (AvgIpc) is 3.27. The Labute approximate surface area is 126 Å². The molecule has 0 atom stereocenters. The SMILES string of the molecule is CN=C(NCCC1CC1)NCc1ccc(C)cc1SC. The molecule has 0 heterocycles. The van der Waals surface area contributed by atoms with Gasteiger partial charge in [-0.2, -0.15) is 0 Å². The lowest BCUT2D eigenvalue weighted by atomic mass is 10.1. The minimum absolute atomic E-state index is 0.819. The number of aliphatic imine (C=N–C) groups is 1. The predicted octanol–water partition coefficient (Wildman–Crippen LogP) is 3.18. The molecule has 0 unspecified atom stereocenters. The second-order valence-corrected chi connectivity index (χ2v) is 6.25. The molecule has 110 valence electrons. The van der Waals surface area contributed by atoms with E-state index in [2.05, 4.69) is 47.0 Å². The van der Waals surface area contributed by atoms with Crippen molar-refractivity contribution in [2.75, 3.05) is 19.8 Å². The third kappa shape index (κ3) is 4.75. The van der Waals surface area contributed by atoms with Crippen molar-refractivity contribution in [2.45, 2.75) is 37.6 Å². The number of benzene rings is 1. The molecule has 0 amide bonds. The van der Waals surface area contributed by atoms with E-state index in [1.54, 1.807) is 11.8 Å². The van der Waals surface area contributed by atoms with Crippen molar-refractivity contribution in [1.82, 2.24) is 10.6 Å². The summed E-state index contributed by atoms with van der Waals surface area (Å²) in [5, 5.41) is 6.79. The van der Waals surface area contributed by atoms with Gasteiger partial charge in [-0.05, 0) is 42.7 Å². The zero-order valence-electron chi connectivity index (χ0n) is 12.7. The van der Waals surface area contributed by atoms with E-state index in [0.29, 0.717) is 0 Å². The molecule has 1 fully saturated rings. The number of hydrogen-bond acceptors (Lipinski definition) is 2. The molecule has 4 heteroatoms. The normalized spacial score (nSPS) is 15.2. The van der Waals surface area contributed by atoms with E-state index >= 15 is 0 Å². The minimum Gasteiger partial charge on any atom is -0.356 e. The second kappa shape index (κ2) is 7.58. The number of hydrogen-bond donors (Lipinski definition) is 2. The van der Waals surface area contributed by atoms with Gasteiger partial charge in [0.25, 0.3) is 0 Å². The van der Waals surface area contributed by atoms with Crippen molar-refractivity contribution < 1.29 is 0 Å². The minimum atomic E-state index is 0.819. The van der Waals surface area contributed by atoms with Gasteiger partial charge in [0.05, 0.1) is 0 Å². The molecule has 1 aromatic rings. The molecule has 1 aromatic carbocycles. The number of guanidine groups is 1. The first kappa shape index (κ1) is 15.2. The molecule has 0 bridgehead atoms. The number of thioether (sulfide) groups is 1. The molecule has 0 saturated heterocycles. The van der Waals surface area contributed by atoms with Crippen LogP contribution in [0, 0.1) is 12.8 Å². The van der Waals surface area contributed by atoms with Gasteiger partial charge < -0.3 is 10.6 Å². The van der Waals surface area contributed by atoms with Gasteiger partial charge >= 0.3 is 0 Å². The summed E-state index contributed by atoms with van der Waals surface area (Å²) in [6, 6.07) is 6.61. The Morgan fingerprint density at radius 3 is 2.80 bits per heavy atom. The summed E-state index contributed by atoms with van der Waals surface area (Å²) < 4.78 is 0. The van der Waals surface area contributed by atoms with E-state index < -0.39 is 0 Å². The van der Waals surface area contributed by atoms with Crippen LogP contribution in [0.5, 0.6) is 0 Å². The van der Waals surface area contributed by atoms with Gasteiger partial charge in [0, 0.05) is 25.0 Å². The third-order valence-electron chi connectivity index (χ3n) is 3.65. The van der Waals surface area contributed by atoms with Gasteiger partial charge in [-0.3, -0.25) is 4.99 Å². The summed E-state index contributed by atoms with van der Waals surface area (Å²) >= 11 is 1.80. The number of nitrogens with one attached hydrogen (secondary N) is 2. The molecule has 0 aliphatic heterocycles. The largest absolute Gasteiger partial charge is 0.356 e. The number of aryl methyl sites for hydroxylation is 1. The topological polar surface area (TPSA) is 36.4 Å². The Hall–Kier alpha value is -1.16. The fourth-order valence-electron chi connectivity index (χ4n) is 2.20. The maximum atomic E-state index is 4.28. The Morgan fingerprint density at radius 2 is 2.15 bits per heavy atom. The maximum Gasteiger partial charge on any atom is 0.191 e. The standard InChI is InChI=1S/C16H25N3S/c1-12-4-7-14(15(10-12)20-3)11-19-16(17-2)18-9-8-13-5-6-13/h4,7,10,13H,5-6,8-9,11H2,1-3H3,(H2,17,18,19). The summed E-state index contributed by atoms with van der Waals surface area (Å²) in [4.78, 5) is 5.62. The smallest absolute Gasteiger partial charge is 0.191 e. The zero-order valence-corrected chi connectivity index (χ0v) is 13.5. The Kier molecular flexibility index (Phi) is 5.77. The Bertz CT molecular complexity index is 467. The highest BCUT2D eigenvalue weighted by atomic mass is 32.2. The molecule has 2 N–H and O–H groups in total. The monoisotopic (exact) mass is 291 g/mol. The Balaban J connectivity index is 1.82. The number of rotatable bonds is 6. The first-order chi connectivity index (χ1) is 9.72. The fourth-order valence-corrected chi connectivity index (χ4v) is 2.90. The molecular formula is C16H25N3S. The van der Waals surface area contributed by atoms with Gasteiger partial charge in [-0.1, -0.05) is 25.0 Å². The molecule has 3 nitrogen and oxygen atoms in total. The van der Waals surface area contributed by atoms with Crippen molar-refractivity contribution in [3.63, 3.8) is 0 Å². The van der Waals surface area contributed by atoms with Gasteiger partial charge in [-0.25, -0.2) is 0 Å². The van der Waals surface area contributed by atoms with Crippen LogP contribution in [0.3, 0.4) is 0 Å². The highest BCUT2D eigenvalue weighted by Gasteiger charge is 2.20. The van der Waals surface area contributed by atoms with Gasteiger partial charge in [0.2, 0.25) is 0 Å². The third-order valence-corrected chi connectivity index (χ3v) is 4.47. The predicted molar refractivity (Wildman–Crippen MR) is 88.5 cm³/mol. The van der Waals surface area contributed by atoms with Crippen molar-refractivity contribution in [3.05, 3.63) is 29.3 Å². The summed E-state index contributed by atoms with van der Waals surface area (Å²) in [7, 11) is 1.83. The van der Waals surface area contributed by atoms with Crippen LogP contribution in [0.15, 0.2) is 28.1 Å².